The number of fused-ring (bicyclic) bond motifs is 4. The topological polar surface area (TPSA) is 75.6 Å². The Kier molecular flexibility index (Phi) is 5.53. The molecular weight excluding hydrogens is 414 g/mol. The number of aliphatic carboxylic acids is 1. The summed E-state index contributed by atoms with van der Waals surface area (Å²) >= 11 is 0. The van der Waals surface area contributed by atoms with Crippen molar-refractivity contribution in [1.29, 1.82) is 0 Å². The Bertz CT molecular complexity index is 1300. The Labute approximate surface area is 191 Å². The normalized spacial score (nSPS) is 13.2. The highest BCUT2D eigenvalue weighted by Crippen LogP contribution is 2.44. The molecule has 1 amide bonds. The number of carboxylic acid groups (broad SMARTS) is 1. The lowest BCUT2D eigenvalue weighted by Crippen LogP contribution is -2.43. The Morgan fingerprint density at radius 2 is 1.42 bits per heavy atom. The molecule has 5 nitrogen and oxygen atoms in total. The van der Waals surface area contributed by atoms with Crippen LogP contribution in [0.2, 0.25) is 0 Å². The predicted molar refractivity (Wildman–Crippen MR) is 127 cm³/mol. The summed E-state index contributed by atoms with van der Waals surface area (Å²) in [6.07, 6.45) is -0.564. The fourth-order valence-electron chi connectivity index (χ4n) is 4.67. The number of alkyl carbamates (subject to hydrolysis) is 1. The number of rotatable bonds is 6. The first kappa shape index (κ1) is 20.8. The summed E-state index contributed by atoms with van der Waals surface area (Å²) in [5, 5.41) is 14.3. The van der Waals surface area contributed by atoms with Gasteiger partial charge in [-0.1, -0.05) is 91.0 Å². The van der Waals surface area contributed by atoms with Gasteiger partial charge in [0.1, 0.15) is 12.6 Å². The van der Waals surface area contributed by atoms with Crippen molar-refractivity contribution in [2.24, 2.45) is 0 Å². The summed E-state index contributed by atoms with van der Waals surface area (Å²) in [4.78, 5) is 24.5. The second-order valence-corrected chi connectivity index (χ2v) is 8.20. The van der Waals surface area contributed by atoms with Crippen molar-refractivity contribution in [1.82, 2.24) is 5.32 Å². The molecule has 164 valence electrons. The van der Waals surface area contributed by atoms with Gasteiger partial charge >= 0.3 is 12.1 Å². The maximum absolute atomic E-state index is 12.6. The van der Waals surface area contributed by atoms with Gasteiger partial charge in [0.15, 0.2) is 0 Å². The highest BCUT2D eigenvalue weighted by atomic mass is 16.5. The first-order chi connectivity index (χ1) is 16.1. The van der Waals surface area contributed by atoms with Crippen LogP contribution < -0.4 is 5.32 Å². The Hall–Kier alpha value is -4.12. The Balaban J connectivity index is 1.29. The van der Waals surface area contributed by atoms with Crippen LogP contribution in [-0.2, 0) is 16.0 Å². The number of ether oxygens (including phenoxy) is 1. The molecule has 4 aromatic rings. The zero-order chi connectivity index (χ0) is 22.8. The van der Waals surface area contributed by atoms with Gasteiger partial charge in [-0.3, -0.25) is 0 Å². The van der Waals surface area contributed by atoms with E-state index in [0.29, 0.717) is 0 Å². The SMILES string of the molecule is O=C(NC(Cc1cccc2ccccc12)C(=O)O)OCC1c2ccccc2-c2ccccc21. The van der Waals surface area contributed by atoms with E-state index in [1.54, 1.807) is 0 Å². The summed E-state index contributed by atoms with van der Waals surface area (Å²) in [5.74, 6) is -1.18. The molecule has 1 unspecified atom stereocenters. The molecular formula is C28H23NO4. The minimum absolute atomic E-state index is 0.0792. The standard InChI is InChI=1S/C28H23NO4/c30-27(31)26(16-19-10-7-9-18-8-1-2-11-20(18)19)29-28(32)33-17-25-23-14-5-3-12-21(23)22-13-4-6-15-24(22)25/h1-15,25-26H,16-17H2,(H,29,32)(H,30,31). The summed E-state index contributed by atoms with van der Waals surface area (Å²) in [5.41, 5.74) is 5.36. The van der Waals surface area contributed by atoms with Crippen molar-refractivity contribution < 1.29 is 19.4 Å². The molecule has 0 aliphatic heterocycles. The molecule has 5 heteroatoms. The molecule has 1 atom stereocenters. The van der Waals surface area contributed by atoms with Crippen molar-refractivity contribution in [2.45, 2.75) is 18.4 Å². The van der Waals surface area contributed by atoms with E-state index in [9.17, 15) is 14.7 Å². The van der Waals surface area contributed by atoms with Gasteiger partial charge in [0.25, 0.3) is 0 Å². The Morgan fingerprint density at radius 1 is 0.818 bits per heavy atom. The summed E-state index contributed by atoms with van der Waals surface area (Å²) in [6.45, 7) is 0.139. The number of carboxylic acids is 1. The second-order valence-electron chi connectivity index (χ2n) is 8.20. The van der Waals surface area contributed by atoms with Gasteiger partial charge < -0.3 is 15.2 Å². The van der Waals surface area contributed by atoms with Crippen LogP contribution in [0.1, 0.15) is 22.6 Å². The molecule has 2 N–H and O–H groups in total. The molecule has 0 saturated heterocycles. The van der Waals surface area contributed by atoms with Crippen LogP contribution in [0.3, 0.4) is 0 Å². The van der Waals surface area contributed by atoms with Crippen molar-refractivity contribution in [2.75, 3.05) is 6.61 Å². The molecule has 0 fully saturated rings. The lowest BCUT2D eigenvalue weighted by Gasteiger charge is -2.18. The highest BCUT2D eigenvalue weighted by Gasteiger charge is 2.29. The summed E-state index contributed by atoms with van der Waals surface area (Å²) in [7, 11) is 0. The molecule has 1 aliphatic rings. The summed E-state index contributed by atoms with van der Waals surface area (Å²) < 4.78 is 5.53. The first-order valence-corrected chi connectivity index (χ1v) is 10.9. The van der Waals surface area contributed by atoms with E-state index in [0.717, 1.165) is 38.6 Å². The lowest BCUT2D eigenvalue weighted by atomic mass is 9.98. The van der Waals surface area contributed by atoms with Gasteiger partial charge in [0.05, 0.1) is 0 Å². The van der Waals surface area contributed by atoms with Crippen LogP contribution in [0.4, 0.5) is 4.79 Å². The fraction of sp³-hybridized carbons (Fsp3) is 0.143. The quantitative estimate of drug-likeness (QED) is 0.425. The molecule has 33 heavy (non-hydrogen) atoms. The van der Waals surface area contributed by atoms with Gasteiger partial charge in [-0.2, -0.15) is 0 Å². The van der Waals surface area contributed by atoms with Gasteiger partial charge in [-0.05, 0) is 38.6 Å². The van der Waals surface area contributed by atoms with Crippen LogP contribution in [0.25, 0.3) is 21.9 Å². The number of benzene rings is 4. The van der Waals surface area contributed by atoms with E-state index >= 15 is 0 Å². The third-order valence-electron chi connectivity index (χ3n) is 6.24. The molecule has 0 aromatic heterocycles. The van der Waals surface area contributed by atoms with E-state index in [1.165, 1.54) is 0 Å². The smallest absolute Gasteiger partial charge is 0.407 e. The van der Waals surface area contributed by atoms with Crippen molar-refractivity contribution >= 4 is 22.8 Å². The minimum Gasteiger partial charge on any atom is -0.480 e. The average Bonchev–Trinajstić information content (AvgIpc) is 3.16. The van der Waals surface area contributed by atoms with Crippen molar-refractivity contribution in [3.63, 3.8) is 0 Å². The molecule has 0 heterocycles. The third kappa shape index (κ3) is 4.05. The molecule has 0 radical (unpaired) electrons. The highest BCUT2D eigenvalue weighted by molar-refractivity contribution is 5.87. The molecule has 4 aromatic carbocycles. The number of carbonyl (C=O) groups excluding carboxylic acids is 1. The van der Waals surface area contributed by atoms with Crippen LogP contribution >= 0.6 is 0 Å². The monoisotopic (exact) mass is 437 g/mol. The van der Waals surface area contributed by atoms with Crippen molar-refractivity contribution in [3.8, 4) is 11.1 Å². The van der Waals surface area contributed by atoms with E-state index in [2.05, 4.69) is 17.4 Å². The van der Waals surface area contributed by atoms with Crippen LogP contribution in [0.5, 0.6) is 0 Å². The maximum Gasteiger partial charge on any atom is 0.407 e. The first-order valence-electron chi connectivity index (χ1n) is 10.9. The van der Waals surface area contributed by atoms with Crippen molar-refractivity contribution in [3.05, 3.63) is 108 Å². The minimum atomic E-state index is -1.10. The van der Waals surface area contributed by atoms with E-state index < -0.39 is 18.1 Å². The number of hydrogen-bond acceptors (Lipinski definition) is 3. The predicted octanol–water partition coefficient (Wildman–Crippen LogP) is 5.37. The van der Waals surface area contributed by atoms with E-state index in [-0.39, 0.29) is 18.9 Å². The lowest BCUT2D eigenvalue weighted by molar-refractivity contribution is -0.139. The number of nitrogens with one attached hydrogen (secondary N) is 1. The van der Waals surface area contributed by atoms with Crippen LogP contribution in [0.15, 0.2) is 91.0 Å². The Morgan fingerprint density at radius 3 is 2.12 bits per heavy atom. The largest absolute Gasteiger partial charge is 0.480 e. The molecule has 0 saturated carbocycles. The fourth-order valence-corrected chi connectivity index (χ4v) is 4.67. The average molecular weight is 437 g/mol. The number of hydrogen-bond donors (Lipinski definition) is 2. The van der Waals surface area contributed by atoms with Gasteiger partial charge in [0.2, 0.25) is 0 Å². The number of carbonyl (C=O) groups is 2. The third-order valence-corrected chi connectivity index (χ3v) is 6.24. The molecule has 0 spiro atoms. The molecule has 0 bridgehead atoms. The van der Waals surface area contributed by atoms with Gasteiger partial charge in [0, 0.05) is 12.3 Å². The maximum atomic E-state index is 12.6. The zero-order valence-corrected chi connectivity index (χ0v) is 17.9. The second kappa shape index (κ2) is 8.79. The van der Waals surface area contributed by atoms with Gasteiger partial charge in [-0.15, -0.1) is 0 Å². The van der Waals surface area contributed by atoms with Crippen LogP contribution in [0, 0.1) is 0 Å². The zero-order valence-electron chi connectivity index (χ0n) is 17.9. The van der Waals surface area contributed by atoms with E-state index in [1.807, 2.05) is 78.9 Å². The summed E-state index contributed by atoms with van der Waals surface area (Å²) in [6, 6.07) is 28.6. The van der Waals surface area contributed by atoms with Gasteiger partial charge in [-0.25, -0.2) is 9.59 Å². The molecule has 5 rings (SSSR count). The van der Waals surface area contributed by atoms with E-state index in [4.69, 9.17) is 4.74 Å². The number of amides is 1. The van der Waals surface area contributed by atoms with Crippen LogP contribution in [-0.4, -0.2) is 29.8 Å². The molecule has 1 aliphatic carbocycles.